The van der Waals surface area contributed by atoms with Crippen LogP contribution in [0.4, 0.5) is 5.69 Å². The number of sulfonamides is 1. The van der Waals surface area contributed by atoms with Gasteiger partial charge in [0.2, 0.25) is 15.9 Å². The van der Waals surface area contributed by atoms with Crippen LogP contribution in [0.1, 0.15) is 62.6 Å². The van der Waals surface area contributed by atoms with E-state index < -0.39 is 20.6 Å². The number of nitrogens with one attached hydrogen (secondary N) is 1. The van der Waals surface area contributed by atoms with E-state index in [0.717, 1.165) is 11.6 Å². The lowest BCUT2D eigenvalue weighted by Crippen LogP contribution is -2.53. The number of hydrogen-bond donors (Lipinski definition) is 1. The number of hydrogen-bond acceptors (Lipinski definition) is 8. The first-order valence-corrected chi connectivity index (χ1v) is 16.3. The third kappa shape index (κ3) is 8.43. The third-order valence-corrected chi connectivity index (χ3v) is 9.75. The summed E-state index contributed by atoms with van der Waals surface area (Å²) in [5.74, 6) is 5.58. The van der Waals surface area contributed by atoms with Crippen LogP contribution in [-0.2, 0) is 35.5 Å². The number of ether oxygens (including phenoxy) is 2. The number of benzene rings is 2. The van der Waals surface area contributed by atoms with Gasteiger partial charge in [-0.3, -0.25) is 19.7 Å². The van der Waals surface area contributed by atoms with Crippen LogP contribution in [0.2, 0.25) is 0 Å². The van der Waals surface area contributed by atoms with Gasteiger partial charge in [-0.2, -0.15) is 0 Å². The maximum absolute atomic E-state index is 13.3. The summed E-state index contributed by atoms with van der Waals surface area (Å²) < 4.78 is 39.3. The normalized spacial score (nSPS) is 20.5. The van der Waals surface area contributed by atoms with Crippen molar-refractivity contribution in [1.29, 1.82) is 0 Å². The summed E-state index contributed by atoms with van der Waals surface area (Å²) in [6.07, 6.45) is 2.90. The third-order valence-electron chi connectivity index (χ3n) is 8.23. The highest BCUT2D eigenvalue weighted by Gasteiger charge is 2.36. The van der Waals surface area contributed by atoms with Gasteiger partial charge in [0.05, 0.1) is 36.2 Å². The molecule has 236 valence electrons. The molecule has 1 atom stereocenters. The van der Waals surface area contributed by atoms with Crippen LogP contribution in [0, 0.1) is 33.8 Å². The van der Waals surface area contributed by atoms with Crippen LogP contribution in [-0.4, -0.2) is 69.1 Å². The second-order valence-corrected chi connectivity index (χ2v) is 13.3. The predicted molar refractivity (Wildman–Crippen MR) is 163 cm³/mol. The molecule has 1 saturated carbocycles. The average Bonchev–Trinajstić information content (AvgIpc) is 3.02. The summed E-state index contributed by atoms with van der Waals surface area (Å²) in [5, 5.41) is 11.8. The van der Waals surface area contributed by atoms with Crippen LogP contribution in [0.25, 0.3) is 0 Å². The van der Waals surface area contributed by atoms with Gasteiger partial charge in [0, 0.05) is 36.6 Å². The fourth-order valence-electron chi connectivity index (χ4n) is 5.61. The summed E-state index contributed by atoms with van der Waals surface area (Å²) in [6, 6.07) is 10.5. The Morgan fingerprint density at radius 3 is 2.45 bits per heavy atom. The smallest absolute Gasteiger partial charge is 0.305 e. The molecule has 1 aliphatic carbocycles. The van der Waals surface area contributed by atoms with Gasteiger partial charge in [0.1, 0.15) is 5.56 Å². The molecule has 2 aromatic rings. The first-order chi connectivity index (χ1) is 21.0. The summed E-state index contributed by atoms with van der Waals surface area (Å²) in [5.41, 5.74) is 1.22. The van der Waals surface area contributed by atoms with Gasteiger partial charge >= 0.3 is 5.97 Å². The second kappa shape index (κ2) is 14.8. The van der Waals surface area contributed by atoms with Crippen molar-refractivity contribution in [2.75, 3.05) is 26.9 Å². The molecule has 4 rings (SSSR count). The molecule has 44 heavy (non-hydrogen) atoms. The van der Waals surface area contributed by atoms with Crippen molar-refractivity contribution in [1.82, 2.24) is 9.62 Å². The van der Waals surface area contributed by atoms with E-state index in [2.05, 4.69) is 35.1 Å². The molecule has 2 aliphatic rings. The minimum Gasteiger partial charge on any atom is -0.469 e. The number of morpholine rings is 1. The van der Waals surface area contributed by atoms with Crippen molar-refractivity contribution >= 4 is 27.6 Å². The van der Waals surface area contributed by atoms with Crippen molar-refractivity contribution in [3.8, 4) is 11.8 Å². The standard InChI is InChI=1S/C32H39N3O8S/c1-22(2)30-21-43-19-18-34(30)32(37)26-11-14-27(15-12-26)33-44(40,41)28-16-13-25(29(20-28)35(38)39)10-8-23-4-6-24(7-5-23)9-17-31(36)42-3/h4-7,13,16,20,22,26-27,30,33H,9,11-12,14-15,17-19,21H2,1-3H3/t26?,27?,30-/m1/s1. The molecule has 1 amide bonds. The molecule has 1 N–H and O–H groups in total. The zero-order valence-electron chi connectivity index (χ0n) is 25.3. The van der Waals surface area contributed by atoms with Crippen molar-refractivity contribution in [3.05, 3.63) is 69.3 Å². The molecule has 0 bridgehead atoms. The molecule has 1 heterocycles. The number of amides is 1. The molecule has 0 radical (unpaired) electrons. The highest BCUT2D eigenvalue weighted by molar-refractivity contribution is 7.89. The molecule has 1 aliphatic heterocycles. The molecule has 0 spiro atoms. The van der Waals surface area contributed by atoms with Crippen molar-refractivity contribution < 1.29 is 32.4 Å². The first-order valence-electron chi connectivity index (χ1n) is 14.8. The molecule has 12 heteroatoms. The maximum atomic E-state index is 13.3. The quantitative estimate of drug-likeness (QED) is 0.192. The van der Waals surface area contributed by atoms with Crippen LogP contribution >= 0.6 is 0 Å². The number of nitrogens with zero attached hydrogens (tertiary/aromatic N) is 2. The predicted octanol–water partition coefficient (Wildman–Crippen LogP) is 3.82. The summed E-state index contributed by atoms with van der Waals surface area (Å²) in [4.78, 5) is 37.5. The van der Waals surface area contributed by atoms with Gasteiger partial charge in [-0.05, 0) is 67.9 Å². The molecule has 2 fully saturated rings. The van der Waals surface area contributed by atoms with Crippen LogP contribution < -0.4 is 4.72 Å². The van der Waals surface area contributed by atoms with Gasteiger partial charge in [0.15, 0.2) is 0 Å². The lowest BCUT2D eigenvalue weighted by molar-refractivity contribution is -0.385. The molecule has 0 unspecified atom stereocenters. The van der Waals surface area contributed by atoms with Crippen molar-refractivity contribution in [2.45, 2.75) is 69.4 Å². The van der Waals surface area contributed by atoms with E-state index >= 15 is 0 Å². The van der Waals surface area contributed by atoms with E-state index in [4.69, 9.17) is 4.74 Å². The summed E-state index contributed by atoms with van der Waals surface area (Å²) >= 11 is 0. The van der Waals surface area contributed by atoms with Crippen LogP contribution in [0.15, 0.2) is 47.4 Å². The molecular formula is C32H39N3O8S. The Kier molecular flexibility index (Phi) is 11.1. The van der Waals surface area contributed by atoms with Gasteiger partial charge in [-0.15, -0.1) is 0 Å². The Bertz CT molecular complexity index is 1520. The van der Waals surface area contributed by atoms with E-state index in [0.29, 0.717) is 57.4 Å². The molecule has 11 nitrogen and oxygen atoms in total. The van der Waals surface area contributed by atoms with E-state index in [1.165, 1.54) is 19.2 Å². The largest absolute Gasteiger partial charge is 0.469 e. The Morgan fingerprint density at radius 2 is 1.82 bits per heavy atom. The molecule has 2 aromatic carbocycles. The number of carbonyl (C=O) groups is 2. The zero-order chi connectivity index (χ0) is 31.9. The lowest BCUT2D eigenvalue weighted by atomic mass is 9.85. The highest BCUT2D eigenvalue weighted by Crippen LogP contribution is 2.30. The first kappa shape index (κ1) is 33.1. The van der Waals surface area contributed by atoms with Gasteiger partial charge in [0.25, 0.3) is 5.69 Å². The number of rotatable bonds is 9. The van der Waals surface area contributed by atoms with Crippen LogP contribution in [0.3, 0.4) is 0 Å². The molecular weight excluding hydrogens is 586 g/mol. The number of esters is 1. The topological polar surface area (TPSA) is 145 Å². The number of aryl methyl sites for hydroxylation is 1. The number of nitro benzene ring substituents is 1. The summed E-state index contributed by atoms with van der Waals surface area (Å²) in [6.45, 7) is 5.77. The Labute approximate surface area is 258 Å². The fraction of sp³-hybridized carbons (Fsp3) is 0.500. The fourth-order valence-corrected chi connectivity index (χ4v) is 6.93. The Morgan fingerprint density at radius 1 is 1.11 bits per heavy atom. The SMILES string of the molecule is COC(=O)CCc1ccc(C#Cc2ccc(S(=O)(=O)NC3CCC(C(=O)N4CCOC[C@@H]4C(C)C)CC3)cc2[N+](=O)[O-])cc1. The zero-order valence-corrected chi connectivity index (χ0v) is 26.1. The van der Waals surface area contributed by atoms with E-state index in [9.17, 15) is 28.1 Å². The highest BCUT2D eigenvalue weighted by atomic mass is 32.2. The minimum atomic E-state index is -4.04. The monoisotopic (exact) mass is 625 g/mol. The van der Waals surface area contributed by atoms with Crippen LogP contribution in [0.5, 0.6) is 0 Å². The van der Waals surface area contributed by atoms with Gasteiger partial charge in [-0.25, -0.2) is 13.1 Å². The Hall–Kier alpha value is -3.79. The van der Waals surface area contributed by atoms with E-state index in [1.54, 1.807) is 12.1 Å². The van der Waals surface area contributed by atoms with E-state index in [-0.39, 0.29) is 52.7 Å². The molecule has 1 saturated heterocycles. The number of carbonyl (C=O) groups excluding carboxylic acids is 2. The second-order valence-electron chi connectivity index (χ2n) is 11.5. The number of nitro groups is 1. The minimum absolute atomic E-state index is 0.0424. The molecule has 0 aromatic heterocycles. The van der Waals surface area contributed by atoms with Gasteiger partial charge in [-0.1, -0.05) is 37.8 Å². The van der Waals surface area contributed by atoms with E-state index in [1.807, 2.05) is 17.0 Å². The summed E-state index contributed by atoms with van der Waals surface area (Å²) in [7, 11) is -2.71. The number of methoxy groups -OCH3 is 1. The Balaban J connectivity index is 1.39. The average molecular weight is 626 g/mol. The van der Waals surface area contributed by atoms with Crippen molar-refractivity contribution in [2.24, 2.45) is 11.8 Å². The maximum Gasteiger partial charge on any atom is 0.305 e. The van der Waals surface area contributed by atoms with Crippen molar-refractivity contribution in [3.63, 3.8) is 0 Å². The lowest BCUT2D eigenvalue weighted by Gasteiger charge is -2.41. The van der Waals surface area contributed by atoms with Gasteiger partial charge < -0.3 is 14.4 Å².